The van der Waals surface area contributed by atoms with Crippen LogP contribution >= 0.6 is 0 Å². The van der Waals surface area contributed by atoms with E-state index in [-0.39, 0.29) is 17.6 Å². The molecule has 1 unspecified atom stereocenters. The van der Waals surface area contributed by atoms with Gasteiger partial charge in [-0.2, -0.15) is 0 Å². The molecule has 0 amide bonds. The summed E-state index contributed by atoms with van der Waals surface area (Å²) in [4.78, 5) is 0. The second-order valence-electron chi connectivity index (χ2n) is 3.17. The zero-order valence-corrected chi connectivity index (χ0v) is 7.84. The Balaban J connectivity index is 2.77. The van der Waals surface area contributed by atoms with Crippen LogP contribution in [0.3, 0.4) is 0 Å². The molecule has 0 heterocycles. The Hall–Kier alpha value is -1.09. The summed E-state index contributed by atoms with van der Waals surface area (Å²) in [5, 5.41) is 12.0. The zero-order chi connectivity index (χ0) is 9.84. The largest absolute Gasteiger partial charge is 0.508 e. The fourth-order valence-electron chi connectivity index (χ4n) is 1.13. The molecule has 0 aromatic heterocycles. The van der Waals surface area contributed by atoms with Crippen molar-refractivity contribution in [2.75, 3.05) is 7.05 Å². The first-order chi connectivity index (χ1) is 6.13. The molecule has 0 spiro atoms. The van der Waals surface area contributed by atoms with Crippen molar-refractivity contribution in [1.82, 2.24) is 5.32 Å². The van der Waals surface area contributed by atoms with Gasteiger partial charge in [0, 0.05) is 12.1 Å². The third-order valence-electron chi connectivity index (χ3n) is 2.06. The van der Waals surface area contributed by atoms with Crippen LogP contribution in [0.5, 0.6) is 5.75 Å². The molecule has 0 aliphatic rings. The number of hydrogen-bond donors (Lipinski definition) is 2. The Morgan fingerprint density at radius 1 is 1.54 bits per heavy atom. The lowest BCUT2D eigenvalue weighted by atomic mass is 10.1. The van der Waals surface area contributed by atoms with Crippen molar-refractivity contribution < 1.29 is 9.50 Å². The molecule has 1 aromatic rings. The molecule has 0 saturated carbocycles. The van der Waals surface area contributed by atoms with E-state index in [1.165, 1.54) is 6.07 Å². The van der Waals surface area contributed by atoms with E-state index < -0.39 is 0 Å². The SMILES string of the molecule is CNC(C)Cc1ccc(O)cc1F. The van der Waals surface area contributed by atoms with E-state index in [0.29, 0.717) is 12.0 Å². The number of likely N-dealkylation sites (N-methyl/N-ethyl adjacent to an activating group) is 1. The normalized spacial score (nSPS) is 12.8. The maximum absolute atomic E-state index is 13.2. The maximum atomic E-state index is 13.2. The summed E-state index contributed by atoms with van der Waals surface area (Å²) in [7, 11) is 1.84. The average Bonchev–Trinajstić information content (AvgIpc) is 2.09. The second-order valence-corrected chi connectivity index (χ2v) is 3.17. The number of phenols is 1. The number of phenolic OH excluding ortho intramolecular Hbond substituents is 1. The van der Waals surface area contributed by atoms with Gasteiger partial charge < -0.3 is 10.4 Å². The Morgan fingerprint density at radius 3 is 2.77 bits per heavy atom. The van der Waals surface area contributed by atoms with E-state index in [0.717, 1.165) is 6.07 Å². The molecule has 2 N–H and O–H groups in total. The van der Waals surface area contributed by atoms with Crippen molar-refractivity contribution in [2.45, 2.75) is 19.4 Å². The summed E-state index contributed by atoms with van der Waals surface area (Å²) in [5.74, 6) is -0.375. The van der Waals surface area contributed by atoms with Crippen molar-refractivity contribution in [1.29, 1.82) is 0 Å². The number of benzene rings is 1. The van der Waals surface area contributed by atoms with Gasteiger partial charge in [0.15, 0.2) is 0 Å². The van der Waals surface area contributed by atoms with E-state index in [1.54, 1.807) is 6.07 Å². The predicted octanol–water partition coefficient (Wildman–Crippen LogP) is 1.68. The van der Waals surface area contributed by atoms with E-state index in [2.05, 4.69) is 5.32 Å². The van der Waals surface area contributed by atoms with Gasteiger partial charge in [0.1, 0.15) is 11.6 Å². The summed E-state index contributed by atoms with van der Waals surface area (Å²) in [6.07, 6.45) is 0.628. The van der Waals surface area contributed by atoms with E-state index in [9.17, 15) is 4.39 Å². The van der Waals surface area contributed by atoms with E-state index in [4.69, 9.17) is 5.11 Å². The smallest absolute Gasteiger partial charge is 0.130 e. The van der Waals surface area contributed by atoms with Crippen molar-refractivity contribution in [2.24, 2.45) is 0 Å². The Bertz CT molecular complexity index is 288. The van der Waals surface area contributed by atoms with Crippen LogP contribution < -0.4 is 5.32 Å². The molecule has 1 atom stereocenters. The predicted molar refractivity (Wildman–Crippen MR) is 50.3 cm³/mol. The average molecular weight is 183 g/mol. The zero-order valence-electron chi connectivity index (χ0n) is 7.84. The molecule has 0 radical (unpaired) electrons. The first-order valence-electron chi connectivity index (χ1n) is 4.28. The summed E-state index contributed by atoms with van der Waals surface area (Å²) in [5.41, 5.74) is 0.625. The first kappa shape index (κ1) is 9.99. The van der Waals surface area contributed by atoms with Crippen molar-refractivity contribution >= 4 is 0 Å². The fourth-order valence-corrected chi connectivity index (χ4v) is 1.13. The minimum absolute atomic E-state index is 0.0293. The summed E-state index contributed by atoms with van der Waals surface area (Å²) in [6.45, 7) is 1.98. The molecule has 0 aliphatic carbocycles. The first-order valence-corrected chi connectivity index (χ1v) is 4.28. The van der Waals surface area contributed by atoms with Gasteiger partial charge >= 0.3 is 0 Å². The molecule has 13 heavy (non-hydrogen) atoms. The molecular weight excluding hydrogens is 169 g/mol. The van der Waals surface area contributed by atoms with Gasteiger partial charge in [-0.3, -0.25) is 0 Å². The highest BCUT2D eigenvalue weighted by molar-refractivity contribution is 5.28. The van der Waals surface area contributed by atoms with Gasteiger partial charge in [-0.1, -0.05) is 6.07 Å². The van der Waals surface area contributed by atoms with Crippen molar-refractivity contribution in [3.8, 4) is 5.75 Å². The summed E-state index contributed by atoms with van der Waals surface area (Å²) < 4.78 is 13.2. The number of hydrogen-bond acceptors (Lipinski definition) is 2. The van der Waals surface area contributed by atoms with Gasteiger partial charge in [0.05, 0.1) is 0 Å². The second kappa shape index (κ2) is 4.23. The molecule has 3 heteroatoms. The maximum Gasteiger partial charge on any atom is 0.130 e. The van der Waals surface area contributed by atoms with E-state index >= 15 is 0 Å². The van der Waals surface area contributed by atoms with Crippen molar-refractivity contribution in [3.05, 3.63) is 29.6 Å². The third kappa shape index (κ3) is 2.70. The molecule has 0 saturated heterocycles. The van der Waals surface area contributed by atoms with Gasteiger partial charge in [-0.05, 0) is 32.0 Å². The van der Waals surface area contributed by atoms with Crippen LogP contribution in [-0.4, -0.2) is 18.2 Å². The van der Waals surface area contributed by atoms with Crippen LogP contribution in [0.2, 0.25) is 0 Å². The van der Waals surface area contributed by atoms with Gasteiger partial charge in [-0.25, -0.2) is 4.39 Å². The Labute approximate surface area is 77.4 Å². The lowest BCUT2D eigenvalue weighted by Gasteiger charge is -2.10. The highest BCUT2D eigenvalue weighted by atomic mass is 19.1. The highest BCUT2D eigenvalue weighted by Crippen LogP contribution is 2.16. The van der Waals surface area contributed by atoms with Crippen LogP contribution in [0, 0.1) is 5.82 Å². The van der Waals surface area contributed by atoms with Crippen LogP contribution in [0.4, 0.5) is 4.39 Å². The quantitative estimate of drug-likeness (QED) is 0.747. The van der Waals surface area contributed by atoms with E-state index in [1.807, 2.05) is 14.0 Å². The van der Waals surface area contributed by atoms with Crippen LogP contribution in [-0.2, 0) is 6.42 Å². The van der Waals surface area contributed by atoms with Crippen molar-refractivity contribution in [3.63, 3.8) is 0 Å². The van der Waals surface area contributed by atoms with Crippen LogP contribution in [0.25, 0.3) is 0 Å². The standard InChI is InChI=1S/C10H14FNO/c1-7(12-2)5-8-3-4-9(13)6-10(8)11/h3-4,6-7,12-13H,5H2,1-2H3. The number of rotatable bonds is 3. The highest BCUT2D eigenvalue weighted by Gasteiger charge is 2.06. The Kier molecular flexibility index (Phi) is 3.25. The number of nitrogens with one attached hydrogen (secondary N) is 1. The molecule has 0 aliphatic heterocycles. The summed E-state index contributed by atoms with van der Waals surface area (Å²) >= 11 is 0. The molecule has 1 aromatic carbocycles. The lowest BCUT2D eigenvalue weighted by Crippen LogP contribution is -2.23. The summed E-state index contributed by atoms with van der Waals surface area (Å²) in [6, 6.07) is 4.48. The van der Waals surface area contributed by atoms with Crippen LogP contribution in [0.15, 0.2) is 18.2 Å². The topological polar surface area (TPSA) is 32.3 Å². The molecule has 1 rings (SSSR count). The minimum Gasteiger partial charge on any atom is -0.508 e. The molecule has 2 nitrogen and oxygen atoms in total. The molecule has 0 fully saturated rings. The number of aromatic hydroxyl groups is 1. The number of halogens is 1. The van der Waals surface area contributed by atoms with Gasteiger partial charge in [0.25, 0.3) is 0 Å². The lowest BCUT2D eigenvalue weighted by molar-refractivity contribution is 0.466. The van der Waals surface area contributed by atoms with Crippen LogP contribution in [0.1, 0.15) is 12.5 Å². The third-order valence-corrected chi connectivity index (χ3v) is 2.06. The molecule has 72 valence electrons. The fraction of sp³-hybridized carbons (Fsp3) is 0.400. The monoisotopic (exact) mass is 183 g/mol. The molecule has 0 bridgehead atoms. The van der Waals surface area contributed by atoms with Gasteiger partial charge in [0.2, 0.25) is 0 Å². The Morgan fingerprint density at radius 2 is 2.23 bits per heavy atom. The minimum atomic E-state index is -0.345. The molecular formula is C10H14FNO. The van der Waals surface area contributed by atoms with Gasteiger partial charge in [-0.15, -0.1) is 0 Å².